The van der Waals surface area contributed by atoms with Crippen LogP contribution in [-0.2, 0) is 9.59 Å². The molecule has 0 spiro atoms. The molecule has 18 heavy (non-hydrogen) atoms. The summed E-state index contributed by atoms with van der Waals surface area (Å²) in [5.41, 5.74) is 0.735. The van der Waals surface area contributed by atoms with Crippen molar-refractivity contribution in [2.24, 2.45) is 16.8 Å². The summed E-state index contributed by atoms with van der Waals surface area (Å²) in [5, 5.41) is 2.76. The zero-order chi connectivity index (χ0) is 13.1. The molecule has 2 rings (SSSR count). The highest BCUT2D eigenvalue weighted by atomic mass is 32.2. The van der Waals surface area contributed by atoms with Crippen molar-refractivity contribution in [3.05, 3.63) is 11.8 Å². The van der Waals surface area contributed by atoms with Gasteiger partial charge in [-0.05, 0) is 24.1 Å². The molecule has 0 aromatic carbocycles. The maximum Gasteiger partial charge on any atom is 0.226 e. The molecule has 2 aliphatic heterocycles. The maximum atomic E-state index is 11.8. The van der Waals surface area contributed by atoms with Gasteiger partial charge in [0.2, 0.25) is 11.0 Å². The molecule has 1 saturated heterocycles. The molecule has 0 bridgehead atoms. The van der Waals surface area contributed by atoms with Crippen LogP contribution in [0.4, 0.5) is 0 Å². The summed E-state index contributed by atoms with van der Waals surface area (Å²) >= 11 is 2.76. The summed E-state index contributed by atoms with van der Waals surface area (Å²) in [7, 11) is 0. The Morgan fingerprint density at radius 3 is 2.94 bits per heavy atom. The first-order valence-corrected chi connectivity index (χ1v) is 7.78. The maximum absolute atomic E-state index is 11.8. The van der Waals surface area contributed by atoms with Crippen LogP contribution >= 0.6 is 23.5 Å². The third kappa shape index (κ3) is 3.38. The van der Waals surface area contributed by atoms with Crippen LogP contribution in [-0.4, -0.2) is 27.7 Å². The summed E-state index contributed by atoms with van der Waals surface area (Å²) in [4.78, 5) is 27.6. The minimum atomic E-state index is -0.0557. The summed E-state index contributed by atoms with van der Waals surface area (Å²) in [6, 6.07) is 0. The fraction of sp³-hybridized carbons (Fsp3) is 0.583. The Bertz CT molecular complexity index is 432. The van der Waals surface area contributed by atoms with E-state index in [-0.39, 0.29) is 22.9 Å². The van der Waals surface area contributed by atoms with Gasteiger partial charge >= 0.3 is 0 Å². The molecule has 0 radical (unpaired) electrons. The smallest absolute Gasteiger partial charge is 0.226 e. The van der Waals surface area contributed by atoms with Crippen molar-refractivity contribution in [3.63, 3.8) is 0 Å². The number of hydrogen-bond acceptors (Lipinski definition) is 5. The Balaban J connectivity index is 1.98. The first-order chi connectivity index (χ1) is 8.56. The molecular formula is C12H16N2O2S2. The van der Waals surface area contributed by atoms with Crippen LogP contribution in [0, 0.1) is 11.8 Å². The first-order valence-electron chi connectivity index (χ1n) is 5.98. The Hall–Kier alpha value is -0.750. The van der Waals surface area contributed by atoms with E-state index in [1.165, 1.54) is 0 Å². The molecule has 98 valence electrons. The lowest BCUT2D eigenvalue weighted by atomic mass is 9.89. The van der Waals surface area contributed by atoms with Gasteiger partial charge in [-0.1, -0.05) is 25.6 Å². The number of nitrogens with one attached hydrogen (secondary N) is 1. The third-order valence-electron chi connectivity index (χ3n) is 2.97. The molecule has 0 unspecified atom stereocenters. The zero-order valence-corrected chi connectivity index (χ0v) is 12.1. The third-order valence-corrected chi connectivity index (χ3v) is 4.96. The van der Waals surface area contributed by atoms with E-state index < -0.39 is 0 Å². The number of carbonyl (C=O) groups excluding carboxylic acids is 2. The monoisotopic (exact) mass is 284 g/mol. The van der Waals surface area contributed by atoms with Crippen molar-refractivity contribution < 1.29 is 9.59 Å². The second kappa shape index (κ2) is 5.93. The summed E-state index contributed by atoms with van der Waals surface area (Å²) in [6.07, 6.45) is 2.34. The van der Waals surface area contributed by atoms with Crippen LogP contribution in [0.1, 0.15) is 20.3 Å². The van der Waals surface area contributed by atoms with Gasteiger partial charge in [0, 0.05) is 23.4 Å². The molecule has 0 aliphatic carbocycles. The molecule has 6 heteroatoms. The molecule has 0 saturated carbocycles. The minimum absolute atomic E-state index is 0.00438. The number of carbonyl (C=O) groups is 2. The van der Waals surface area contributed by atoms with Crippen molar-refractivity contribution >= 4 is 38.9 Å². The average Bonchev–Trinajstić information content (AvgIpc) is 2.78. The largest absolute Gasteiger partial charge is 0.329 e. The van der Waals surface area contributed by atoms with E-state index in [1.807, 2.05) is 13.8 Å². The van der Waals surface area contributed by atoms with E-state index in [2.05, 4.69) is 10.3 Å². The normalized spacial score (nSPS) is 30.2. The fourth-order valence-electron chi connectivity index (χ4n) is 1.95. The average molecular weight is 284 g/mol. The van der Waals surface area contributed by atoms with E-state index in [0.29, 0.717) is 0 Å². The van der Waals surface area contributed by atoms with Gasteiger partial charge in [0.05, 0.1) is 6.54 Å². The number of thioether (sulfide) groups is 2. The van der Waals surface area contributed by atoms with Gasteiger partial charge in [0.25, 0.3) is 0 Å². The van der Waals surface area contributed by atoms with E-state index in [9.17, 15) is 9.59 Å². The highest BCUT2D eigenvalue weighted by molar-refractivity contribution is 8.45. The van der Waals surface area contributed by atoms with Gasteiger partial charge < -0.3 is 5.32 Å². The summed E-state index contributed by atoms with van der Waals surface area (Å²) in [6.45, 7) is 4.73. The van der Waals surface area contributed by atoms with Gasteiger partial charge in [-0.2, -0.15) is 0 Å². The predicted octanol–water partition coefficient (Wildman–Crippen LogP) is 2.02. The molecule has 1 amide bonds. The molecule has 2 heterocycles. The number of hydrogen-bond donors (Lipinski definition) is 1. The predicted molar refractivity (Wildman–Crippen MR) is 76.5 cm³/mol. The summed E-state index contributed by atoms with van der Waals surface area (Å²) < 4.78 is 0.833. The number of aliphatic imine (C=N–C) groups is 1. The van der Waals surface area contributed by atoms with Crippen LogP contribution < -0.4 is 5.32 Å². The van der Waals surface area contributed by atoms with Crippen LogP contribution in [0.3, 0.4) is 0 Å². The van der Waals surface area contributed by atoms with E-state index >= 15 is 0 Å². The van der Waals surface area contributed by atoms with Crippen LogP contribution in [0.2, 0.25) is 0 Å². The Labute approximate surface area is 115 Å². The Kier molecular flexibility index (Phi) is 4.50. The topological polar surface area (TPSA) is 58.5 Å². The van der Waals surface area contributed by atoms with E-state index in [1.54, 1.807) is 17.8 Å². The van der Waals surface area contributed by atoms with Crippen LogP contribution in [0.5, 0.6) is 0 Å². The number of amides is 1. The van der Waals surface area contributed by atoms with E-state index in [0.717, 1.165) is 40.6 Å². The highest BCUT2D eigenvalue weighted by Crippen LogP contribution is 2.27. The fourth-order valence-corrected chi connectivity index (χ4v) is 3.74. The van der Waals surface area contributed by atoms with Crippen LogP contribution in [0.25, 0.3) is 0 Å². The molecule has 1 fully saturated rings. The Morgan fingerprint density at radius 2 is 2.28 bits per heavy atom. The van der Waals surface area contributed by atoms with E-state index in [4.69, 9.17) is 0 Å². The number of allylic oxidation sites excluding steroid dienone is 1. The number of piperidine rings is 1. The quantitative estimate of drug-likeness (QED) is 0.749. The standard InChI is InChI=1S/C12H16N2O2S2/c1-7-5-8(2)11(16)14-9(7)6-10(15)18-12-13-3-4-17-12/h6-8H,3-5H2,1-2H3,(H,14,16)/b9-6-/t7-,8+/m1/s1. The summed E-state index contributed by atoms with van der Waals surface area (Å²) in [5.74, 6) is 1.21. The first kappa shape index (κ1) is 13.7. The van der Waals surface area contributed by atoms with Crippen molar-refractivity contribution in [2.45, 2.75) is 20.3 Å². The number of rotatable bonds is 1. The second-order valence-corrected chi connectivity index (χ2v) is 6.88. The molecule has 0 aromatic heterocycles. The van der Waals surface area contributed by atoms with Crippen molar-refractivity contribution in [3.8, 4) is 0 Å². The second-order valence-electron chi connectivity index (χ2n) is 4.54. The van der Waals surface area contributed by atoms with Crippen LogP contribution in [0.15, 0.2) is 16.8 Å². The van der Waals surface area contributed by atoms with Crippen molar-refractivity contribution in [1.29, 1.82) is 0 Å². The highest BCUT2D eigenvalue weighted by Gasteiger charge is 2.26. The minimum Gasteiger partial charge on any atom is -0.329 e. The lowest BCUT2D eigenvalue weighted by Crippen LogP contribution is -2.38. The van der Waals surface area contributed by atoms with Gasteiger partial charge in [-0.15, -0.1) is 0 Å². The van der Waals surface area contributed by atoms with Crippen molar-refractivity contribution in [2.75, 3.05) is 12.3 Å². The lowest BCUT2D eigenvalue weighted by Gasteiger charge is -2.26. The molecule has 2 atom stereocenters. The number of nitrogens with zero attached hydrogens (tertiary/aromatic N) is 1. The molecule has 0 aromatic rings. The SMILES string of the molecule is C[C@@H]1C[C@H](C)C(=O)N/C1=C\C(=O)SC1=NCCS1. The Morgan fingerprint density at radius 1 is 1.50 bits per heavy atom. The van der Waals surface area contributed by atoms with Crippen molar-refractivity contribution in [1.82, 2.24) is 5.32 Å². The lowest BCUT2D eigenvalue weighted by molar-refractivity contribution is -0.125. The zero-order valence-electron chi connectivity index (χ0n) is 10.4. The van der Waals surface area contributed by atoms with Gasteiger partial charge in [0.1, 0.15) is 4.38 Å². The molecule has 2 aliphatic rings. The molecule has 4 nitrogen and oxygen atoms in total. The van der Waals surface area contributed by atoms with Gasteiger partial charge in [0.15, 0.2) is 0 Å². The molecular weight excluding hydrogens is 268 g/mol. The molecule has 1 N–H and O–H groups in total. The van der Waals surface area contributed by atoms with Gasteiger partial charge in [-0.3, -0.25) is 14.6 Å². The van der Waals surface area contributed by atoms with Gasteiger partial charge in [-0.25, -0.2) is 0 Å².